The zero-order valence-electron chi connectivity index (χ0n) is 17.1. The molecule has 2 aromatic carbocycles. The average molecular weight is 398 g/mol. The molecule has 1 atom stereocenters. The molecule has 8 nitrogen and oxygen atoms in total. The number of nitrogens with one attached hydrogen (secondary N) is 1. The summed E-state index contributed by atoms with van der Waals surface area (Å²) in [4.78, 5) is 4.56. The molecule has 29 heavy (non-hydrogen) atoms. The highest BCUT2D eigenvalue weighted by molar-refractivity contribution is 5.61. The highest BCUT2D eigenvalue weighted by Gasteiger charge is 2.18. The van der Waals surface area contributed by atoms with Crippen LogP contribution in [0, 0.1) is 0 Å². The number of ether oxygens (including phenoxy) is 4. The van der Waals surface area contributed by atoms with E-state index in [2.05, 4.69) is 15.2 Å². The number of nitrogens with zero attached hydrogens (tertiary/aromatic N) is 2. The molecule has 0 amide bonds. The number of benzene rings is 2. The standard InChI is InChI=1S/C21H26N4O4/c1-5-28-15-9-7-13(11-17(15)26-3)19(22)21-23-20(24-25-21)14-8-10-16(29-6-2)18(12-14)27-4/h7-12,19H,5-6,22H2,1-4H3,(H,23,24,25)/t19-/m0/s1. The molecule has 0 aliphatic carbocycles. The fraction of sp³-hybridized carbons (Fsp3) is 0.333. The Hall–Kier alpha value is -3.26. The van der Waals surface area contributed by atoms with E-state index in [1.807, 2.05) is 50.2 Å². The zero-order valence-corrected chi connectivity index (χ0v) is 17.1. The Bertz CT molecular complexity index is 958. The first kappa shape index (κ1) is 20.5. The van der Waals surface area contributed by atoms with Crippen molar-refractivity contribution in [2.45, 2.75) is 19.9 Å². The third-order valence-electron chi connectivity index (χ3n) is 4.37. The van der Waals surface area contributed by atoms with Crippen molar-refractivity contribution < 1.29 is 18.9 Å². The Balaban J connectivity index is 1.86. The summed E-state index contributed by atoms with van der Waals surface area (Å²) < 4.78 is 21.9. The Morgan fingerprint density at radius 1 is 0.897 bits per heavy atom. The van der Waals surface area contributed by atoms with Gasteiger partial charge in [-0.15, -0.1) is 0 Å². The summed E-state index contributed by atoms with van der Waals surface area (Å²) in [6.07, 6.45) is 0. The van der Waals surface area contributed by atoms with E-state index in [0.29, 0.717) is 47.9 Å². The van der Waals surface area contributed by atoms with E-state index in [0.717, 1.165) is 11.1 Å². The minimum absolute atomic E-state index is 0.495. The molecule has 3 aromatic rings. The second-order valence-corrected chi connectivity index (χ2v) is 6.16. The summed E-state index contributed by atoms with van der Waals surface area (Å²) in [5.74, 6) is 3.65. The van der Waals surface area contributed by atoms with Crippen molar-refractivity contribution in [3.8, 4) is 34.4 Å². The maximum absolute atomic E-state index is 6.40. The summed E-state index contributed by atoms with van der Waals surface area (Å²) in [7, 11) is 3.19. The number of nitrogens with two attached hydrogens (primary N) is 1. The van der Waals surface area contributed by atoms with Gasteiger partial charge in [-0.1, -0.05) is 6.07 Å². The lowest BCUT2D eigenvalue weighted by Crippen LogP contribution is -2.14. The van der Waals surface area contributed by atoms with Crippen molar-refractivity contribution in [2.75, 3.05) is 27.4 Å². The van der Waals surface area contributed by atoms with Gasteiger partial charge in [0.1, 0.15) is 5.82 Å². The topological polar surface area (TPSA) is 105 Å². The van der Waals surface area contributed by atoms with Crippen LogP contribution in [-0.2, 0) is 0 Å². The van der Waals surface area contributed by atoms with Crippen molar-refractivity contribution in [1.82, 2.24) is 15.2 Å². The lowest BCUT2D eigenvalue weighted by atomic mass is 10.1. The van der Waals surface area contributed by atoms with E-state index in [1.54, 1.807) is 14.2 Å². The molecule has 0 fully saturated rings. The molecule has 3 N–H and O–H groups in total. The molecule has 0 unspecified atom stereocenters. The van der Waals surface area contributed by atoms with Gasteiger partial charge < -0.3 is 24.7 Å². The maximum Gasteiger partial charge on any atom is 0.181 e. The number of aromatic amines is 1. The van der Waals surface area contributed by atoms with Gasteiger partial charge in [0.15, 0.2) is 28.8 Å². The zero-order chi connectivity index (χ0) is 20.8. The van der Waals surface area contributed by atoms with Crippen molar-refractivity contribution in [3.05, 3.63) is 47.8 Å². The van der Waals surface area contributed by atoms with Crippen molar-refractivity contribution in [1.29, 1.82) is 0 Å². The van der Waals surface area contributed by atoms with E-state index in [-0.39, 0.29) is 0 Å². The summed E-state index contributed by atoms with van der Waals surface area (Å²) in [6, 6.07) is 10.6. The Morgan fingerprint density at radius 3 is 2.14 bits per heavy atom. The third-order valence-corrected chi connectivity index (χ3v) is 4.37. The summed E-state index contributed by atoms with van der Waals surface area (Å²) in [5, 5.41) is 7.23. The number of methoxy groups -OCH3 is 2. The van der Waals surface area contributed by atoms with Gasteiger partial charge in [-0.05, 0) is 49.7 Å². The van der Waals surface area contributed by atoms with Crippen LogP contribution in [0.25, 0.3) is 11.4 Å². The first-order valence-corrected chi connectivity index (χ1v) is 9.41. The average Bonchev–Trinajstić information content (AvgIpc) is 3.24. The Morgan fingerprint density at radius 2 is 1.52 bits per heavy atom. The predicted octanol–water partition coefficient (Wildman–Crippen LogP) is 3.33. The first-order valence-electron chi connectivity index (χ1n) is 9.41. The van der Waals surface area contributed by atoms with Crippen LogP contribution >= 0.6 is 0 Å². The molecule has 0 saturated heterocycles. The fourth-order valence-corrected chi connectivity index (χ4v) is 2.93. The number of aromatic nitrogens is 3. The van der Waals surface area contributed by atoms with Crippen LogP contribution in [-0.4, -0.2) is 42.6 Å². The number of hydrogen-bond donors (Lipinski definition) is 2. The van der Waals surface area contributed by atoms with Gasteiger partial charge in [0.25, 0.3) is 0 Å². The van der Waals surface area contributed by atoms with Crippen LogP contribution in [0.3, 0.4) is 0 Å². The highest BCUT2D eigenvalue weighted by atomic mass is 16.5. The van der Waals surface area contributed by atoms with Crippen LogP contribution in [0.4, 0.5) is 0 Å². The fourth-order valence-electron chi connectivity index (χ4n) is 2.93. The molecule has 1 heterocycles. The largest absolute Gasteiger partial charge is 0.493 e. The van der Waals surface area contributed by atoms with Gasteiger partial charge >= 0.3 is 0 Å². The lowest BCUT2D eigenvalue weighted by Gasteiger charge is -2.13. The van der Waals surface area contributed by atoms with Gasteiger partial charge in [0, 0.05) is 5.56 Å². The summed E-state index contributed by atoms with van der Waals surface area (Å²) >= 11 is 0. The molecule has 1 aromatic heterocycles. The first-order chi connectivity index (χ1) is 14.1. The van der Waals surface area contributed by atoms with E-state index in [4.69, 9.17) is 24.7 Å². The Kier molecular flexibility index (Phi) is 6.56. The molecule has 0 bridgehead atoms. The van der Waals surface area contributed by atoms with Gasteiger partial charge in [-0.25, -0.2) is 4.98 Å². The molecular formula is C21H26N4O4. The van der Waals surface area contributed by atoms with Crippen LogP contribution in [0.15, 0.2) is 36.4 Å². The van der Waals surface area contributed by atoms with Gasteiger partial charge in [0.05, 0.1) is 33.5 Å². The molecule has 0 saturated carbocycles. The molecule has 0 aliphatic rings. The molecule has 8 heteroatoms. The smallest absolute Gasteiger partial charge is 0.181 e. The predicted molar refractivity (Wildman–Crippen MR) is 110 cm³/mol. The van der Waals surface area contributed by atoms with Gasteiger partial charge in [-0.2, -0.15) is 5.10 Å². The van der Waals surface area contributed by atoms with E-state index >= 15 is 0 Å². The monoisotopic (exact) mass is 398 g/mol. The number of H-pyrrole nitrogens is 1. The molecule has 0 aliphatic heterocycles. The second-order valence-electron chi connectivity index (χ2n) is 6.16. The van der Waals surface area contributed by atoms with E-state index in [1.165, 1.54) is 0 Å². The highest BCUT2D eigenvalue weighted by Crippen LogP contribution is 2.33. The van der Waals surface area contributed by atoms with Crippen LogP contribution in [0.1, 0.15) is 31.3 Å². The van der Waals surface area contributed by atoms with Gasteiger partial charge in [0.2, 0.25) is 0 Å². The van der Waals surface area contributed by atoms with Gasteiger partial charge in [-0.3, -0.25) is 5.10 Å². The van der Waals surface area contributed by atoms with Crippen LogP contribution < -0.4 is 24.7 Å². The number of hydrogen-bond acceptors (Lipinski definition) is 7. The minimum Gasteiger partial charge on any atom is -0.493 e. The molecule has 154 valence electrons. The molecular weight excluding hydrogens is 372 g/mol. The maximum atomic E-state index is 6.40. The molecule has 0 radical (unpaired) electrons. The quantitative estimate of drug-likeness (QED) is 0.569. The normalized spacial score (nSPS) is 11.8. The van der Waals surface area contributed by atoms with E-state index < -0.39 is 6.04 Å². The minimum atomic E-state index is -0.495. The van der Waals surface area contributed by atoms with Crippen molar-refractivity contribution in [2.24, 2.45) is 5.73 Å². The summed E-state index contributed by atoms with van der Waals surface area (Å²) in [6.45, 7) is 4.96. The molecule has 0 spiro atoms. The van der Waals surface area contributed by atoms with Crippen molar-refractivity contribution in [3.63, 3.8) is 0 Å². The lowest BCUT2D eigenvalue weighted by molar-refractivity contribution is 0.310. The summed E-state index contributed by atoms with van der Waals surface area (Å²) in [5.41, 5.74) is 8.03. The molecule has 3 rings (SSSR count). The third kappa shape index (κ3) is 4.43. The van der Waals surface area contributed by atoms with Crippen LogP contribution in [0.2, 0.25) is 0 Å². The number of rotatable bonds is 9. The van der Waals surface area contributed by atoms with Crippen LogP contribution in [0.5, 0.6) is 23.0 Å². The SMILES string of the molecule is CCOc1ccc(-c2n[nH]c([C@@H](N)c3ccc(OCC)c(OC)c3)n2)cc1OC. The second kappa shape index (κ2) is 9.29. The van der Waals surface area contributed by atoms with Crippen molar-refractivity contribution >= 4 is 0 Å². The van der Waals surface area contributed by atoms with E-state index in [9.17, 15) is 0 Å². The Labute approximate surface area is 170 Å².